The van der Waals surface area contributed by atoms with Crippen LogP contribution < -0.4 is 0 Å². The predicted molar refractivity (Wildman–Crippen MR) is 62.4 cm³/mol. The van der Waals surface area contributed by atoms with Crippen LogP contribution in [0.5, 0.6) is 0 Å². The molecule has 8 heteroatoms. The molecule has 1 aromatic rings. The summed E-state index contributed by atoms with van der Waals surface area (Å²) in [7, 11) is -2.15. The van der Waals surface area contributed by atoms with Crippen LogP contribution in [0.4, 0.5) is 0 Å². The summed E-state index contributed by atoms with van der Waals surface area (Å²) in [5.74, 6) is -1.10. The Morgan fingerprint density at radius 3 is 2.78 bits per heavy atom. The van der Waals surface area contributed by atoms with Gasteiger partial charge in [0.2, 0.25) is 10.0 Å². The van der Waals surface area contributed by atoms with Crippen molar-refractivity contribution in [1.82, 2.24) is 14.1 Å². The molecule has 7 nitrogen and oxygen atoms in total. The Kier molecular flexibility index (Phi) is 3.40. The SMILES string of the molecule is Cn1cc(S(=O)(=O)N2CCCC[C@H]2C(=O)O)cn1. The molecule has 2 heterocycles. The lowest BCUT2D eigenvalue weighted by molar-refractivity contribution is -0.142. The number of sulfonamides is 1. The second-order valence-electron chi connectivity index (χ2n) is 4.32. The van der Waals surface area contributed by atoms with Crippen molar-refractivity contribution in [1.29, 1.82) is 0 Å². The summed E-state index contributed by atoms with van der Waals surface area (Å²) < 4.78 is 27.1. The number of carboxylic acid groups (broad SMARTS) is 1. The molecule has 0 amide bonds. The highest BCUT2D eigenvalue weighted by Gasteiger charge is 2.38. The van der Waals surface area contributed by atoms with Gasteiger partial charge in [0.15, 0.2) is 0 Å². The largest absolute Gasteiger partial charge is 0.480 e. The first-order chi connectivity index (χ1) is 8.43. The van der Waals surface area contributed by atoms with E-state index in [1.165, 1.54) is 17.1 Å². The van der Waals surface area contributed by atoms with Crippen LogP contribution in [0.15, 0.2) is 17.3 Å². The number of nitrogens with zero attached hydrogens (tertiary/aromatic N) is 3. The van der Waals surface area contributed by atoms with Crippen molar-refractivity contribution in [3.05, 3.63) is 12.4 Å². The highest BCUT2D eigenvalue weighted by atomic mass is 32.2. The monoisotopic (exact) mass is 273 g/mol. The Balaban J connectivity index is 2.36. The summed E-state index contributed by atoms with van der Waals surface area (Å²) in [6.45, 7) is 0.244. The maximum Gasteiger partial charge on any atom is 0.322 e. The van der Waals surface area contributed by atoms with Gasteiger partial charge in [-0.15, -0.1) is 0 Å². The number of hydrogen-bond donors (Lipinski definition) is 1. The van der Waals surface area contributed by atoms with E-state index in [1.807, 2.05) is 0 Å². The van der Waals surface area contributed by atoms with E-state index in [0.29, 0.717) is 12.8 Å². The van der Waals surface area contributed by atoms with Gasteiger partial charge in [-0.05, 0) is 19.3 Å². The molecule has 1 aromatic heterocycles. The van der Waals surface area contributed by atoms with Crippen molar-refractivity contribution in [3.63, 3.8) is 0 Å². The fourth-order valence-corrected chi connectivity index (χ4v) is 3.74. The van der Waals surface area contributed by atoms with Gasteiger partial charge in [-0.1, -0.05) is 0 Å². The zero-order chi connectivity index (χ0) is 13.3. The normalized spacial score (nSPS) is 21.9. The van der Waals surface area contributed by atoms with Gasteiger partial charge in [-0.3, -0.25) is 9.48 Å². The van der Waals surface area contributed by atoms with E-state index in [4.69, 9.17) is 5.11 Å². The second-order valence-corrected chi connectivity index (χ2v) is 6.21. The first-order valence-electron chi connectivity index (χ1n) is 5.66. The lowest BCUT2D eigenvalue weighted by Crippen LogP contribution is -2.47. The van der Waals surface area contributed by atoms with Gasteiger partial charge in [-0.25, -0.2) is 8.42 Å². The molecule has 2 rings (SSSR count). The number of rotatable bonds is 3. The Morgan fingerprint density at radius 1 is 1.50 bits per heavy atom. The van der Waals surface area contributed by atoms with Gasteiger partial charge >= 0.3 is 5.97 Å². The number of piperidine rings is 1. The van der Waals surface area contributed by atoms with Crippen LogP contribution in [-0.4, -0.2) is 46.2 Å². The Morgan fingerprint density at radius 2 is 2.22 bits per heavy atom. The standard InChI is InChI=1S/C10H15N3O4S/c1-12-7-8(6-11-12)18(16,17)13-5-3-2-4-9(13)10(14)15/h6-7,9H,2-5H2,1H3,(H,14,15)/t9-/m0/s1. The average Bonchev–Trinajstić information content (AvgIpc) is 2.76. The van der Waals surface area contributed by atoms with Gasteiger partial charge in [-0.2, -0.15) is 9.40 Å². The molecule has 1 aliphatic heterocycles. The summed E-state index contributed by atoms with van der Waals surface area (Å²) in [5, 5.41) is 12.9. The number of aryl methyl sites for hydroxylation is 1. The molecule has 100 valence electrons. The number of carbonyl (C=O) groups is 1. The lowest BCUT2D eigenvalue weighted by Gasteiger charge is -2.31. The van der Waals surface area contributed by atoms with E-state index < -0.39 is 22.0 Å². The van der Waals surface area contributed by atoms with E-state index >= 15 is 0 Å². The number of aromatic nitrogens is 2. The van der Waals surface area contributed by atoms with Crippen molar-refractivity contribution in [2.45, 2.75) is 30.2 Å². The molecule has 0 radical (unpaired) electrons. The average molecular weight is 273 g/mol. The maximum atomic E-state index is 12.3. The smallest absolute Gasteiger partial charge is 0.322 e. The molecule has 1 aliphatic rings. The summed E-state index contributed by atoms with van der Waals surface area (Å²) >= 11 is 0. The number of hydrogen-bond acceptors (Lipinski definition) is 4. The molecule has 1 atom stereocenters. The first kappa shape index (κ1) is 13.0. The van der Waals surface area contributed by atoms with Crippen molar-refractivity contribution in [2.24, 2.45) is 7.05 Å². The van der Waals surface area contributed by atoms with Crippen LogP contribution in [0.1, 0.15) is 19.3 Å². The van der Waals surface area contributed by atoms with E-state index in [9.17, 15) is 13.2 Å². The zero-order valence-electron chi connectivity index (χ0n) is 9.98. The van der Waals surface area contributed by atoms with Gasteiger partial charge in [0.25, 0.3) is 0 Å². The lowest BCUT2D eigenvalue weighted by atomic mass is 10.1. The molecule has 0 aromatic carbocycles. The molecule has 0 bridgehead atoms. The van der Waals surface area contributed by atoms with Gasteiger partial charge < -0.3 is 5.11 Å². The Bertz CT molecular complexity index is 551. The Labute approximate surface area is 105 Å². The third-order valence-corrected chi connectivity index (χ3v) is 4.89. The molecule has 1 fully saturated rings. The minimum atomic E-state index is -3.77. The third-order valence-electron chi connectivity index (χ3n) is 3.03. The second kappa shape index (κ2) is 4.69. The molecule has 18 heavy (non-hydrogen) atoms. The van der Waals surface area contributed by atoms with Crippen LogP contribution in [0, 0.1) is 0 Å². The van der Waals surface area contributed by atoms with Crippen LogP contribution in [0.2, 0.25) is 0 Å². The first-order valence-corrected chi connectivity index (χ1v) is 7.10. The third kappa shape index (κ3) is 2.25. The van der Waals surface area contributed by atoms with E-state index in [2.05, 4.69) is 5.10 Å². The maximum absolute atomic E-state index is 12.3. The fraction of sp³-hybridized carbons (Fsp3) is 0.600. The molecule has 0 spiro atoms. The molecular weight excluding hydrogens is 258 g/mol. The van der Waals surface area contributed by atoms with Crippen molar-refractivity contribution in [3.8, 4) is 0 Å². The van der Waals surface area contributed by atoms with Crippen molar-refractivity contribution >= 4 is 16.0 Å². The number of carboxylic acids is 1. The molecule has 0 saturated carbocycles. The summed E-state index contributed by atoms with van der Waals surface area (Å²) in [6, 6.07) is -0.969. The highest BCUT2D eigenvalue weighted by Crippen LogP contribution is 2.25. The van der Waals surface area contributed by atoms with Crippen LogP contribution in [0.3, 0.4) is 0 Å². The summed E-state index contributed by atoms with van der Waals surface area (Å²) in [5.41, 5.74) is 0. The molecule has 1 saturated heterocycles. The molecule has 0 aliphatic carbocycles. The van der Waals surface area contributed by atoms with Crippen molar-refractivity contribution < 1.29 is 18.3 Å². The van der Waals surface area contributed by atoms with Crippen LogP contribution in [0.25, 0.3) is 0 Å². The Hall–Kier alpha value is -1.41. The van der Waals surface area contributed by atoms with Gasteiger partial charge in [0.05, 0.1) is 6.20 Å². The fourth-order valence-electron chi connectivity index (χ4n) is 2.11. The van der Waals surface area contributed by atoms with E-state index in [-0.39, 0.29) is 11.4 Å². The topological polar surface area (TPSA) is 92.5 Å². The highest BCUT2D eigenvalue weighted by molar-refractivity contribution is 7.89. The van der Waals surface area contributed by atoms with Crippen molar-refractivity contribution in [2.75, 3.05) is 6.54 Å². The number of aliphatic carboxylic acids is 1. The summed E-state index contributed by atoms with van der Waals surface area (Å²) in [4.78, 5) is 11.2. The molecule has 1 N–H and O–H groups in total. The van der Waals surface area contributed by atoms with Crippen LogP contribution >= 0.6 is 0 Å². The minimum Gasteiger partial charge on any atom is -0.480 e. The van der Waals surface area contributed by atoms with E-state index in [0.717, 1.165) is 10.7 Å². The van der Waals surface area contributed by atoms with Crippen LogP contribution in [-0.2, 0) is 21.9 Å². The molecule has 0 unspecified atom stereocenters. The minimum absolute atomic E-state index is 0.0400. The summed E-state index contributed by atoms with van der Waals surface area (Å²) in [6.07, 6.45) is 4.39. The zero-order valence-corrected chi connectivity index (χ0v) is 10.8. The van der Waals surface area contributed by atoms with E-state index in [1.54, 1.807) is 7.05 Å². The van der Waals surface area contributed by atoms with Gasteiger partial charge in [0.1, 0.15) is 10.9 Å². The van der Waals surface area contributed by atoms with Gasteiger partial charge in [0, 0.05) is 19.8 Å². The molecular formula is C10H15N3O4S. The predicted octanol–water partition coefficient (Wildman–Crippen LogP) is 0.0479. The quantitative estimate of drug-likeness (QED) is 0.840.